The van der Waals surface area contributed by atoms with Crippen LogP contribution < -0.4 is 11.1 Å². The summed E-state index contributed by atoms with van der Waals surface area (Å²) in [5.41, 5.74) is 6.45. The summed E-state index contributed by atoms with van der Waals surface area (Å²) in [6.07, 6.45) is 0. The van der Waals surface area contributed by atoms with Crippen molar-refractivity contribution >= 4 is 5.69 Å². The Bertz CT molecular complexity index is 306. The fourth-order valence-corrected chi connectivity index (χ4v) is 1.32. The maximum atomic E-state index is 12.7. The average Bonchev–Trinajstić information content (AvgIpc) is 2.35. The third kappa shape index (κ3) is 5.63. The number of nitrogens with one attached hydrogen (secondary N) is 1. The van der Waals surface area contributed by atoms with Crippen molar-refractivity contribution in [1.82, 2.24) is 0 Å². The molecule has 0 saturated heterocycles. The lowest BCUT2D eigenvalue weighted by molar-refractivity contribution is 0.0667. The van der Waals surface area contributed by atoms with E-state index in [1.807, 2.05) is 0 Å². The van der Waals surface area contributed by atoms with Crippen LogP contribution in [-0.4, -0.2) is 39.5 Å². The summed E-state index contributed by atoms with van der Waals surface area (Å²) in [6, 6.07) is 6.17. The first-order valence-electron chi connectivity index (χ1n) is 5.55. The molecule has 1 aromatic rings. The summed E-state index contributed by atoms with van der Waals surface area (Å²) >= 11 is 0. The van der Waals surface area contributed by atoms with Crippen LogP contribution in [-0.2, 0) is 9.47 Å². The van der Waals surface area contributed by atoms with Gasteiger partial charge < -0.3 is 20.5 Å². The molecule has 0 aromatic heterocycles. The Morgan fingerprint density at radius 2 is 2.00 bits per heavy atom. The Labute approximate surface area is 101 Å². The van der Waals surface area contributed by atoms with Crippen LogP contribution in [0.4, 0.5) is 10.1 Å². The Morgan fingerprint density at radius 3 is 2.59 bits per heavy atom. The first kappa shape index (κ1) is 13.9. The van der Waals surface area contributed by atoms with Crippen molar-refractivity contribution < 1.29 is 13.9 Å². The number of benzene rings is 1. The number of ether oxygens (including phenoxy) is 2. The maximum absolute atomic E-state index is 12.7. The van der Waals surface area contributed by atoms with Gasteiger partial charge in [0.2, 0.25) is 0 Å². The molecular formula is C12H19FN2O2. The summed E-state index contributed by atoms with van der Waals surface area (Å²) in [5.74, 6) is -0.254. The second kappa shape index (κ2) is 8.00. The quantitative estimate of drug-likeness (QED) is 0.673. The molecular weight excluding hydrogens is 223 g/mol. The van der Waals surface area contributed by atoms with Crippen LogP contribution in [0.2, 0.25) is 0 Å². The molecule has 4 nitrogen and oxygen atoms in total. The van der Waals surface area contributed by atoms with Gasteiger partial charge in [0, 0.05) is 19.3 Å². The Morgan fingerprint density at radius 1 is 1.29 bits per heavy atom. The third-order valence-corrected chi connectivity index (χ3v) is 2.25. The normalized spacial score (nSPS) is 12.4. The number of nitrogens with two attached hydrogens (primary N) is 1. The molecule has 5 heteroatoms. The summed E-state index contributed by atoms with van der Waals surface area (Å²) in [7, 11) is 1.63. The molecule has 0 heterocycles. The highest BCUT2D eigenvalue weighted by molar-refractivity contribution is 5.43. The number of hydrogen-bond donors (Lipinski definition) is 2. The fourth-order valence-electron chi connectivity index (χ4n) is 1.32. The van der Waals surface area contributed by atoms with Crippen LogP contribution >= 0.6 is 0 Å². The highest BCUT2D eigenvalue weighted by Crippen LogP contribution is 2.09. The Kier molecular flexibility index (Phi) is 6.54. The number of halogens is 1. The van der Waals surface area contributed by atoms with Gasteiger partial charge in [-0.1, -0.05) is 0 Å². The van der Waals surface area contributed by atoms with Gasteiger partial charge in [-0.25, -0.2) is 4.39 Å². The van der Waals surface area contributed by atoms with Gasteiger partial charge in [0.05, 0.1) is 25.9 Å². The molecule has 1 rings (SSSR count). The van der Waals surface area contributed by atoms with E-state index in [2.05, 4.69) is 5.32 Å². The highest BCUT2D eigenvalue weighted by Gasteiger charge is 2.06. The largest absolute Gasteiger partial charge is 0.382 e. The summed E-state index contributed by atoms with van der Waals surface area (Å²) in [6.45, 7) is 2.05. The van der Waals surface area contributed by atoms with Gasteiger partial charge in [-0.2, -0.15) is 0 Å². The average molecular weight is 242 g/mol. The first-order valence-corrected chi connectivity index (χ1v) is 5.55. The van der Waals surface area contributed by atoms with Crippen LogP contribution in [0.3, 0.4) is 0 Å². The van der Waals surface area contributed by atoms with Crippen LogP contribution in [0.15, 0.2) is 24.3 Å². The first-order chi connectivity index (χ1) is 8.26. The molecule has 0 bridgehead atoms. The predicted octanol–water partition coefficient (Wildman–Crippen LogP) is 1.23. The lowest BCUT2D eigenvalue weighted by Gasteiger charge is -2.18. The standard InChI is InChI=1S/C12H19FN2O2/c1-16-6-7-17-9-12(8-14)15-11-4-2-10(13)3-5-11/h2-5,12,15H,6-9,14H2,1H3. The molecule has 0 amide bonds. The van der Waals surface area contributed by atoms with Crippen LogP contribution in [0, 0.1) is 5.82 Å². The molecule has 0 fully saturated rings. The van der Waals surface area contributed by atoms with Crippen molar-refractivity contribution in [2.24, 2.45) is 5.73 Å². The Balaban J connectivity index is 2.33. The van der Waals surface area contributed by atoms with Gasteiger partial charge in [0.25, 0.3) is 0 Å². The molecule has 17 heavy (non-hydrogen) atoms. The minimum absolute atomic E-state index is 0.0114. The van der Waals surface area contributed by atoms with Crippen molar-refractivity contribution in [2.45, 2.75) is 6.04 Å². The second-order valence-corrected chi connectivity index (χ2v) is 3.65. The van der Waals surface area contributed by atoms with E-state index >= 15 is 0 Å². The van der Waals surface area contributed by atoms with Crippen LogP contribution in [0.5, 0.6) is 0 Å². The van der Waals surface area contributed by atoms with Gasteiger partial charge >= 0.3 is 0 Å². The molecule has 0 saturated carbocycles. The van der Waals surface area contributed by atoms with Crippen molar-refractivity contribution in [2.75, 3.05) is 38.8 Å². The van der Waals surface area contributed by atoms with Gasteiger partial charge in [-0.3, -0.25) is 0 Å². The van der Waals surface area contributed by atoms with Crippen molar-refractivity contribution in [3.05, 3.63) is 30.1 Å². The van der Waals surface area contributed by atoms with E-state index in [1.165, 1.54) is 12.1 Å². The lowest BCUT2D eigenvalue weighted by atomic mass is 10.2. The fraction of sp³-hybridized carbons (Fsp3) is 0.500. The summed E-state index contributed by atoms with van der Waals surface area (Å²) in [4.78, 5) is 0. The van der Waals surface area contributed by atoms with E-state index in [0.29, 0.717) is 26.4 Å². The topological polar surface area (TPSA) is 56.5 Å². The molecule has 0 aliphatic carbocycles. The van der Waals surface area contributed by atoms with Gasteiger partial charge in [-0.05, 0) is 24.3 Å². The number of rotatable bonds is 8. The number of hydrogen-bond acceptors (Lipinski definition) is 4. The number of methoxy groups -OCH3 is 1. The molecule has 0 aliphatic rings. The molecule has 96 valence electrons. The van der Waals surface area contributed by atoms with E-state index in [9.17, 15) is 4.39 Å². The zero-order chi connectivity index (χ0) is 12.5. The lowest BCUT2D eigenvalue weighted by Crippen LogP contribution is -2.33. The SMILES string of the molecule is COCCOCC(CN)Nc1ccc(F)cc1. The third-order valence-electron chi connectivity index (χ3n) is 2.25. The summed E-state index contributed by atoms with van der Waals surface area (Å²) in [5, 5.41) is 3.18. The summed E-state index contributed by atoms with van der Waals surface area (Å²) < 4.78 is 23.0. The monoisotopic (exact) mass is 242 g/mol. The second-order valence-electron chi connectivity index (χ2n) is 3.65. The van der Waals surface area contributed by atoms with Crippen molar-refractivity contribution in [1.29, 1.82) is 0 Å². The predicted molar refractivity (Wildman–Crippen MR) is 65.6 cm³/mol. The van der Waals surface area contributed by atoms with Gasteiger partial charge in [0.15, 0.2) is 0 Å². The van der Waals surface area contributed by atoms with Crippen molar-refractivity contribution in [3.63, 3.8) is 0 Å². The minimum atomic E-state index is -0.254. The smallest absolute Gasteiger partial charge is 0.123 e. The van der Waals surface area contributed by atoms with E-state index < -0.39 is 0 Å². The van der Waals surface area contributed by atoms with Gasteiger partial charge in [0.1, 0.15) is 5.82 Å². The van der Waals surface area contributed by atoms with E-state index in [4.69, 9.17) is 15.2 Å². The Hall–Kier alpha value is -1.17. The van der Waals surface area contributed by atoms with E-state index in [1.54, 1.807) is 19.2 Å². The van der Waals surface area contributed by atoms with Crippen LogP contribution in [0.1, 0.15) is 0 Å². The highest BCUT2D eigenvalue weighted by atomic mass is 19.1. The zero-order valence-electron chi connectivity index (χ0n) is 9.99. The molecule has 1 unspecified atom stereocenters. The molecule has 0 radical (unpaired) electrons. The molecule has 0 aliphatic heterocycles. The minimum Gasteiger partial charge on any atom is -0.382 e. The molecule has 3 N–H and O–H groups in total. The number of anilines is 1. The maximum Gasteiger partial charge on any atom is 0.123 e. The van der Waals surface area contributed by atoms with Gasteiger partial charge in [-0.15, -0.1) is 0 Å². The van der Waals surface area contributed by atoms with Crippen molar-refractivity contribution in [3.8, 4) is 0 Å². The molecule has 1 aromatic carbocycles. The molecule has 0 spiro atoms. The van der Waals surface area contributed by atoms with Crippen LogP contribution in [0.25, 0.3) is 0 Å². The van der Waals surface area contributed by atoms with E-state index in [0.717, 1.165) is 5.69 Å². The zero-order valence-corrected chi connectivity index (χ0v) is 9.99. The molecule has 1 atom stereocenters. The van der Waals surface area contributed by atoms with E-state index in [-0.39, 0.29) is 11.9 Å².